The van der Waals surface area contributed by atoms with Crippen molar-refractivity contribution in [3.05, 3.63) is 62.4 Å². The fraction of sp³-hybridized carbons (Fsp3) is 0.133. The summed E-state index contributed by atoms with van der Waals surface area (Å²) in [4.78, 5) is 22.4. The third-order valence-corrected chi connectivity index (χ3v) is 3.39. The predicted octanol–water partition coefficient (Wildman–Crippen LogP) is 4.15. The minimum Gasteiger partial charge on any atom is -0.493 e. The van der Waals surface area contributed by atoms with Crippen LogP contribution in [0.2, 0.25) is 0 Å². The fourth-order valence-electron chi connectivity index (χ4n) is 1.87. The number of non-ortho nitro benzene ring substituents is 1. The van der Waals surface area contributed by atoms with Crippen molar-refractivity contribution in [1.82, 2.24) is 0 Å². The zero-order valence-corrected chi connectivity index (χ0v) is 13.6. The number of hydrogen-bond donors (Lipinski definition) is 1. The molecule has 23 heavy (non-hydrogen) atoms. The van der Waals surface area contributed by atoms with E-state index in [0.717, 1.165) is 18.2 Å². The van der Waals surface area contributed by atoms with Gasteiger partial charge in [0.2, 0.25) is 0 Å². The van der Waals surface area contributed by atoms with Gasteiger partial charge in [-0.2, -0.15) is 0 Å². The van der Waals surface area contributed by atoms with Gasteiger partial charge in [0.1, 0.15) is 11.6 Å². The van der Waals surface area contributed by atoms with Crippen LogP contribution < -0.4 is 10.1 Å². The normalized spacial score (nSPS) is 10.2. The van der Waals surface area contributed by atoms with Gasteiger partial charge in [-0.3, -0.25) is 14.9 Å². The zero-order chi connectivity index (χ0) is 17.0. The maximum atomic E-state index is 13.8. The van der Waals surface area contributed by atoms with Gasteiger partial charge in [-0.25, -0.2) is 4.39 Å². The molecule has 0 radical (unpaired) electrons. The number of nitrogens with zero attached hydrogens (tertiary/aromatic N) is 1. The number of halogens is 2. The van der Waals surface area contributed by atoms with Crippen molar-refractivity contribution in [2.45, 2.75) is 6.92 Å². The first-order valence-corrected chi connectivity index (χ1v) is 7.39. The average Bonchev–Trinajstić information content (AvgIpc) is 2.51. The Labute approximate surface area is 139 Å². The van der Waals surface area contributed by atoms with Crippen molar-refractivity contribution in [3.63, 3.8) is 0 Å². The minimum absolute atomic E-state index is 0.187. The standard InChI is InChI=1S/C15H12BrFN2O4/c1-2-23-14-6-3-9(16)7-11(14)15(20)18-13-8-10(19(21)22)4-5-12(13)17/h3-8H,2H2,1H3,(H,18,20). The molecule has 0 aliphatic heterocycles. The molecule has 1 N–H and O–H groups in total. The van der Waals surface area contributed by atoms with E-state index in [1.807, 2.05) is 0 Å². The van der Waals surface area contributed by atoms with Crippen molar-refractivity contribution in [3.8, 4) is 5.75 Å². The third-order valence-electron chi connectivity index (χ3n) is 2.90. The molecular formula is C15H12BrFN2O4. The zero-order valence-electron chi connectivity index (χ0n) is 12.0. The molecule has 0 atom stereocenters. The van der Waals surface area contributed by atoms with Gasteiger partial charge in [-0.15, -0.1) is 0 Å². The molecule has 0 unspecified atom stereocenters. The number of nitro groups is 1. The lowest BCUT2D eigenvalue weighted by molar-refractivity contribution is -0.384. The van der Waals surface area contributed by atoms with Crippen LogP contribution in [0.4, 0.5) is 15.8 Å². The molecule has 2 rings (SSSR count). The monoisotopic (exact) mass is 382 g/mol. The van der Waals surface area contributed by atoms with E-state index in [4.69, 9.17) is 4.74 Å². The number of carbonyl (C=O) groups is 1. The largest absolute Gasteiger partial charge is 0.493 e. The van der Waals surface area contributed by atoms with Crippen LogP contribution >= 0.6 is 15.9 Å². The lowest BCUT2D eigenvalue weighted by Gasteiger charge is -2.11. The summed E-state index contributed by atoms with van der Waals surface area (Å²) >= 11 is 3.25. The summed E-state index contributed by atoms with van der Waals surface area (Å²) in [7, 11) is 0. The van der Waals surface area contributed by atoms with E-state index in [2.05, 4.69) is 21.2 Å². The Morgan fingerprint density at radius 1 is 1.35 bits per heavy atom. The Kier molecular flexibility index (Phi) is 5.28. The van der Waals surface area contributed by atoms with Crippen molar-refractivity contribution >= 4 is 33.2 Å². The molecule has 0 aliphatic rings. The number of amides is 1. The molecule has 0 fully saturated rings. The number of anilines is 1. The topological polar surface area (TPSA) is 81.5 Å². The second-order valence-corrected chi connectivity index (χ2v) is 5.36. The fourth-order valence-corrected chi connectivity index (χ4v) is 2.23. The van der Waals surface area contributed by atoms with E-state index < -0.39 is 16.6 Å². The number of benzene rings is 2. The third kappa shape index (κ3) is 4.04. The summed E-state index contributed by atoms with van der Waals surface area (Å²) < 4.78 is 19.8. The van der Waals surface area contributed by atoms with E-state index in [1.165, 1.54) is 6.07 Å². The highest BCUT2D eigenvalue weighted by Gasteiger charge is 2.17. The molecule has 0 saturated carbocycles. The predicted molar refractivity (Wildman–Crippen MR) is 86.3 cm³/mol. The lowest BCUT2D eigenvalue weighted by Crippen LogP contribution is -2.15. The second kappa shape index (κ2) is 7.19. The molecule has 0 spiro atoms. The van der Waals surface area contributed by atoms with Crippen LogP contribution in [-0.4, -0.2) is 17.4 Å². The highest BCUT2D eigenvalue weighted by atomic mass is 79.9. The van der Waals surface area contributed by atoms with Crippen molar-refractivity contribution in [2.24, 2.45) is 0 Å². The van der Waals surface area contributed by atoms with Gasteiger partial charge in [0.15, 0.2) is 0 Å². The van der Waals surface area contributed by atoms with E-state index >= 15 is 0 Å². The molecule has 2 aromatic rings. The van der Waals surface area contributed by atoms with Gasteiger partial charge in [0.05, 0.1) is 22.8 Å². The van der Waals surface area contributed by atoms with Crippen LogP contribution in [0, 0.1) is 15.9 Å². The maximum absolute atomic E-state index is 13.8. The quantitative estimate of drug-likeness (QED) is 0.621. The van der Waals surface area contributed by atoms with Crippen LogP contribution in [0.25, 0.3) is 0 Å². The number of hydrogen-bond acceptors (Lipinski definition) is 4. The molecule has 120 valence electrons. The summed E-state index contributed by atoms with van der Waals surface area (Å²) in [5.41, 5.74) is -0.403. The Morgan fingerprint density at radius 2 is 2.09 bits per heavy atom. The molecule has 8 heteroatoms. The summed E-state index contributed by atoms with van der Waals surface area (Å²) in [6.07, 6.45) is 0. The highest BCUT2D eigenvalue weighted by Crippen LogP contribution is 2.26. The maximum Gasteiger partial charge on any atom is 0.271 e. The Morgan fingerprint density at radius 3 is 2.74 bits per heavy atom. The molecule has 0 aromatic heterocycles. The van der Waals surface area contributed by atoms with E-state index in [1.54, 1.807) is 19.1 Å². The van der Waals surface area contributed by atoms with Crippen molar-refractivity contribution < 1.29 is 18.8 Å². The molecule has 6 nitrogen and oxygen atoms in total. The first-order chi connectivity index (χ1) is 10.9. The number of rotatable bonds is 5. The molecular weight excluding hydrogens is 371 g/mol. The minimum atomic E-state index is -0.767. The van der Waals surface area contributed by atoms with E-state index in [0.29, 0.717) is 16.8 Å². The second-order valence-electron chi connectivity index (χ2n) is 4.45. The molecule has 0 bridgehead atoms. The van der Waals surface area contributed by atoms with Crippen LogP contribution in [0.5, 0.6) is 5.75 Å². The van der Waals surface area contributed by atoms with Crippen LogP contribution in [-0.2, 0) is 0 Å². The van der Waals surface area contributed by atoms with Gasteiger partial charge in [0, 0.05) is 16.6 Å². The molecule has 0 heterocycles. The summed E-state index contributed by atoms with van der Waals surface area (Å²) in [6, 6.07) is 7.75. The Bertz CT molecular complexity index is 767. The first kappa shape index (κ1) is 16.9. The van der Waals surface area contributed by atoms with Crippen molar-refractivity contribution in [2.75, 3.05) is 11.9 Å². The van der Waals surface area contributed by atoms with Crippen LogP contribution in [0.15, 0.2) is 40.9 Å². The highest BCUT2D eigenvalue weighted by molar-refractivity contribution is 9.10. The van der Waals surface area contributed by atoms with E-state index in [-0.39, 0.29) is 16.9 Å². The number of ether oxygens (including phenoxy) is 1. The molecule has 0 saturated heterocycles. The summed E-state index contributed by atoms with van der Waals surface area (Å²) in [6.45, 7) is 2.12. The lowest BCUT2D eigenvalue weighted by atomic mass is 10.1. The van der Waals surface area contributed by atoms with E-state index in [9.17, 15) is 19.3 Å². The average molecular weight is 383 g/mol. The number of nitro benzene ring substituents is 1. The molecule has 2 aromatic carbocycles. The number of nitrogens with one attached hydrogen (secondary N) is 1. The van der Waals surface area contributed by atoms with Gasteiger partial charge in [-0.05, 0) is 31.2 Å². The van der Waals surface area contributed by atoms with Gasteiger partial charge in [0.25, 0.3) is 11.6 Å². The molecule has 1 amide bonds. The SMILES string of the molecule is CCOc1ccc(Br)cc1C(=O)Nc1cc([N+](=O)[O-])ccc1F. The first-order valence-electron chi connectivity index (χ1n) is 6.60. The van der Waals surface area contributed by atoms with Crippen molar-refractivity contribution in [1.29, 1.82) is 0 Å². The van der Waals surface area contributed by atoms with Gasteiger partial charge >= 0.3 is 0 Å². The Hall–Kier alpha value is -2.48. The van der Waals surface area contributed by atoms with Gasteiger partial charge < -0.3 is 10.1 Å². The van der Waals surface area contributed by atoms with Gasteiger partial charge in [-0.1, -0.05) is 15.9 Å². The smallest absolute Gasteiger partial charge is 0.271 e. The molecule has 0 aliphatic carbocycles. The Balaban J connectivity index is 2.34. The number of carbonyl (C=O) groups excluding carboxylic acids is 1. The summed E-state index contributed by atoms with van der Waals surface area (Å²) in [5.74, 6) is -1.06. The van der Waals surface area contributed by atoms with Crippen LogP contribution in [0.3, 0.4) is 0 Å². The summed E-state index contributed by atoms with van der Waals surface area (Å²) in [5, 5.41) is 13.1. The van der Waals surface area contributed by atoms with Crippen LogP contribution in [0.1, 0.15) is 17.3 Å².